The number of hydrogen-bond donors (Lipinski definition) is 1. The first-order valence-corrected chi connectivity index (χ1v) is 7.02. The molecule has 1 saturated heterocycles. The first-order valence-electron chi connectivity index (χ1n) is 7.02. The van der Waals surface area contributed by atoms with Crippen LogP contribution in [-0.2, 0) is 4.74 Å². The van der Waals surface area contributed by atoms with Crippen molar-refractivity contribution in [3.63, 3.8) is 0 Å². The van der Waals surface area contributed by atoms with Crippen molar-refractivity contribution in [1.29, 1.82) is 0 Å². The molecule has 0 spiro atoms. The molecule has 1 rings (SSSR count). The minimum atomic E-state index is 0.668. The third-order valence-corrected chi connectivity index (χ3v) is 3.39. The van der Waals surface area contributed by atoms with Gasteiger partial charge in [-0.15, -0.1) is 0 Å². The average molecular weight is 227 g/mol. The Hall–Kier alpha value is -0.0800. The van der Waals surface area contributed by atoms with E-state index in [1.54, 1.807) is 0 Å². The second-order valence-electron chi connectivity index (χ2n) is 5.63. The molecule has 1 fully saturated rings. The van der Waals surface area contributed by atoms with Crippen LogP contribution in [0.1, 0.15) is 59.3 Å². The summed E-state index contributed by atoms with van der Waals surface area (Å²) >= 11 is 0. The smallest absolute Gasteiger partial charge is 0.0480 e. The Morgan fingerprint density at radius 2 is 1.94 bits per heavy atom. The van der Waals surface area contributed by atoms with Crippen LogP contribution in [-0.4, -0.2) is 25.3 Å². The van der Waals surface area contributed by atoms with Gasteiger partial charge in [-0.25, -0.2) is 0 Å². The Balaban J connectivity index is 2.09. The molecule has 2 unspecified atom stereocenters. The first-order chi connectivity index (χ1) is 7.68. The van der Waals surface area contributed by atoms with Gasteiger partial charge in [-0.1, -0.05) is 26.7 Å². The molecule has 0 saturated carbocycles. The van der Waals surface area contributed by atoms with Crippen molar-refractivity contribution in [2.24, 2.45) is 5.92 Å². The molecule has 0 aromatic rings. The molecule has 96 valence electrons. The Morgan fingerprint density at radius 1 is 1.12 bits per heavy atom. The summed E-state index contributed by atoms with van der Waals surface area (Å²) in [5.41, 5.74) is 0. The molecule has 2 atom stereocenters. The van der Waals surface area contributed by atoms with E-state index in [0.29, 0.717) is 12.1 Å². The lowest BCUT2D eigenvalue weighted by molar-refractivity contribution is 0.142. The Morgan fingerprint density at radius 3 is 2.69 bits per heavy atom. The standard InChI is InChI=1S/C14H29NO/c1-12(2)6-4-7-13(3)15-14-8-5-10-16-11-9-14/h12-15H,4-11H2,1-3H3. The quantitative estimate of drug-likeness (QED) is 0.751. The zero-order valence-electron chi connectivity index (χ0n) is 11.3. The van der Waals surface area contributed by atoms with Crippen molar-refractivity contribution < 1.29 is 4.74 Å². The lowest BCUT2D eigenvalue weighted by Gasteiger charge is -2.21. The molecule has 2 nitrogen and oxygen atoms in total. The summed E-state index contributed by atoms with van der Waals surface area (Å²) < 4.78 is 5.48. The maximum absolute atomic E-state index is 5.48. The highest BCUT2D eigenvalue weighted by Crippen LogP contribution is 2.12. The number of nitrogens with one attached hydrogen (secondary N) is 1. The van der Waals surface area contributed by atoms with Gasteiger partial charge in [0.2, 0.25) is 0 Å². The van der Waals surface area contributed by atoms with Crippen molar-refractivity contribution in [2.75, 3.05) is 13.2 Å². The molecule has 0 aromatic heterocycles. The van der Waals surface area contributed by atoms with Crippen LogP contribution < -0.4 is 5.32 Å². The van der Waals surface area contributed by atoms with Gasteiger partial charge in [0.15, 0.2) is 0 Å². The van der Waals surface area contributed by atoms with Gasteiger partial charge in [0, 0.05) is 25.3 Å². The monoisotopic (exact) mass is 227 g/mol. The predicted octanol–water partition coefficient (Wildman–Crippen LogP) is 3.36. The molecule has 2 heteroatoms. The van der Waals surface area contributed by atoms with E-state index in [1.807, 2.05) is 0 Å². The molecule has 16 heavy (non-hydrogen) atoms. The summed E-state index contributed by atoms with van der Waals surface area (Å²) in [6, 6.07) is 1.36. The van der Waals surface area contributed by atoms with E-state index in [9.17, 15) is 0 Å². The molecule has 0 aliphatic carbocycles. The van der Waals surface area contributed by atoms with E-state index in [1.165, 1.54) is 38.5 Å². The highest BCUT2D eigenvalue weighted by molar-refractivity contribution is 4.73. The lowest BCUT2D eigenvalue weighted by atomic mass is 10.0. The SMILES string of the molecule is CC(C)CCCC(C)NC1CCCOCC1. The second-order valence-corrected chi connectivity index (χ2v) is 5.63. The number of hydrogen-bond acceptors (Lipinski definition) is 2. The molecule has 1 aliphatic heterocycles. The van der Waals surface area contributed by atoms with Crippen LogP contribution in [0, 0.1) is 5.92 Å². The van der Waals surface area contributed by atoms with Crippen LogP contribution in [0.5, 0.6) is 0 Å². The highest BCUT2D eigenvalue weighted by atomic mass is 16.5. The van der Waals surface area contributed by atoms with Gasteiger partial charge >= 0.3 is 0 Å². The third-order valence-electron chi connectivity index (χ3n) is 3.39. The Kier molecular flexibility index (Phi) is 7.06. The highest BCUT2D eigenvalue weighted by Gasteiger charge is 2.14. The fraction of sp³-hybridized carbons (Fsp3) is 1.00. The fourth-order valence-corrected chi connectivity index (χ4v) is 2.39. The van der Waals surface area contributed by atoms with Crippen molar-refractivity contribution >= 4 is 0 Å². The lowest BCUT2D eigenvalue weighted by Crippen LogP contribution is -2.36. The van der Waals surface area contributed by atoms with Gasteiger partial charge in [-0.3, -0.25) is 0 Å². The zero-order chi connectivity index (χ0) is 11.8. The summed E-state index contributed by atoms with van der Waals surface area (Å²) in [6.07, 6.45) is 7.73. The van der Waals surface area contributed by atoms with Crippen LogP contribution in [0.3, 0.4) is 0 Å². The first kappa shape index (κ1) is 14.0. The van der Waals surface area contributed by atoms with Crippen molar-refractivity contribution in [3.8, 4) is 0 Å². The number of ether oxygens (including phenoxy) is 1. The van der Waals surface area contributed by atoms with Crippen LogP contribution in [0.25, 0.3) is 0 Å². The maximum Gasteiger partial charge on any atom is 0.0480 e. The van der Waals surface area contributed by atoms with E-state index in [0.717, 1.165) is 19.1 Å². The van der Waals surface area contributed by atoms with E-state index in [-0.39, 0.29) is 0 Å². The fourth-order valence-electron chi connectivity index (χ4n) is 2.39. The van der Waals surface area contributed by atoms with Gasteiger partial charge < -0.3 is 10.1 Å². The van der Waals surface area contributed by atoms with Gasteiger partial charge in [-0.2, -0.15) is 0 Å². The summed E-state index contributed by atoms with van der Waals surface area (Å²) in [4.78, 5) is 0. The molecule has 1 heterocycles. The van der Waals surface area contributed by atoms with Crippen molar-refractivity contribution in [2.45, 2.75) is 71.4 Å². The molecule has 1 aliphatic rings. The molecule has 1 N–H and O–H groups in total. The van der Waals surface area contributed by atoms with Gasteiger partial charge in [0.25, 0.3) is 0 Å². The minimum Gasteiger partial charge on any atom is -0.381 e. The zero-order valence-corrected chi connectivity index (χ0v) is 11.3. The topological polar surface area (TPSA) is 21.3 Å². The Bertz CT molecular complexity index is 162. The summed E-state index contributed by atoms with van der Waals surface area (Å²) in [6.45, 7) is 8.84. The van der Waals surface area contributed by atoms with E-state index in [4.69, 9.17) is 4.74 Å². The van der Waals surface area contributed by atoms with Crippen molar-refractivity contribution in [1.82, 2.24) is 5.32 Å². The van der Waals surface area contributed by atoms with E-state index < -0.39 is 0 Å². The minimum absolute atomic E-state index is 0.668. The molecule has 0 radical (unpaired) electrons. The molecule has 0 amide bonds. The molecular formula is C14H29NO. The van der Waals surface area contributed by atoms with Crippen LogP contribution in [0.4, 0.5) is 0 Å². The molecular weight excluding hydrogens is 198 g/mol. The van der Waals surface area contributed by atoms with Crippen molar-refractivity contribution in [3.05, 3.63) is 0 Å². The van der Waals surface area contributed by atoms with E-state index in [2.05, 4.69) is 26.1 Å². The maximum atomic E-state index is 5.48. The van der Waals surface area contributed by atoms with Crippen LogP contribution in [0.15, 0.2) is 0 Å². The summed E-state index contributed by atoms with van der Waals surface area (Å²) in [5, 5.41) is 3.75. The normalized spacial score (nSPS) is 24.4. The predicted molar refractivity (Wildman–Crippen MR) is 69.7 cm³/mol. The average Bonchev–Trinajstić information content (AvgIpc) is 2.45. The second kappa shape index (κ2) is 8.08. The largest absolute Gasteiger partial charge is 0.381 e. The summed E-state index contributed by atoms with van der Waals surface area (Å²) in [7, 11) is 0. The Labute approximate surface area is 101 Å². The third kappa shape index (κ3) is 6.49. The van der Waals surface area contributed by atoms with E-state index >= 15 is 0 Å². The summed E-state index contributed by atoms with van der Waals surface area (Å²) in [5.74, 6) is 0.846. The molecule has 0 aromatic carbocycles. The van der Waals surface area contributed by atoms with Gasteiger partial charge in [0.1, 0.15) is 0 Å². The van der Waals surface area contributed by atoms with Crippen LogP contribution >= 0.6 is 0 Å². The van der Waals surface area contributed by atoms with Gasteiger partial charge in [-0.05, 0) is 38.5 Å². The van der Waals surface area contributed by atoms with Gasteiger partial charge in [0.05, 0.1) is 0 Å². The molecule has 0 bridgehead atoms. The van der Waals surface area contributed by atoms with Crippen LogP contribution in [0.2, 0.25) is 0 Å². The number of rotatable bonds is 6.